The Morgan fingerprint density at radius 1 is 0.297 bits per heavy atom. The highest BCUT2D eigenvalue weighted by molar-refractivity contribution is 7.47. The van der Waals surface area contributed by atoms with Crippen LogP contribution in [0, 0.1) is 0 Å². The minimum atomic E-state index is -4.97. The highest BCUT2D eigenvalue weighted by Crippen LogP contribution is 2.45. The molecule has 0 radical (unpaired) electrons. The zero-order valence-corrected chi connectivity index (χ0v) is 65.6. The van der Waals surface area contributed by atoms with E-state index >= 15 is 0 Å². The molecule has 0 saturated heterocycles. The van der Waals surface area contributed by atoms with Gasteiger partial charge in [0.05, 0.1) is 26.4 Å². The van der Waals surface area contributed by atoms with E-state index in [-0.39, 0.29) is 38.7 Å². The van der Waals surface area contributed by atoms with Crippen molar-refractivity contribution in [1.29, 1.82) is 0 Å². The highest BCUT2D eigenvalue weighted by atomic mass is 31.2. The Labute approximate surface area is 614 Å². The molecule has 0 bridgehead atoms. The van der Waals surface area contributed by atoms with Crippen molar-refractivity contribution in [3.8, 4) is 0 Å². The molecule has 17 nitrogen and oxygen atoms in total. The smallest absolute Gasteiger partial charge is 0.462 e. The first kappa shape index (κ1) is 97.0. The molecular formula is C82H144O17P2. The molecule has 3 N–H and O–H groups in total. The number of hydrogen-bond donors (Lipinski definition) is 3. The number of ether oxygens (including phenoxy) is 4. The van der Waals surface area contributed by atoms with Gasteiger partial charge in [0.2, 0.25) is 0 Å². The standard InChI is InChI=1S/C82H144O17P2/c1-5-9-13-17-21-25-29-33-37-41-45-49-53-57-61-65-79(84)92-73-77(98-81(86)67-63-59-55-51-47-43-39-35-31-27-23-19-15-11-7-3)69-70-94-100(88,89)95-71-76(83)72-96-101(90,91)97-75-78(99-82(87)68-64-60-56-52-48-44-40-36-32-28-24-20-16-12-8-4)74-93-80(85)66-62-58-54-50-46-42-38-34-30-26-22-18-14-10-6-2/h25-32,37-44,76-78,83H,5-24,33-36,45-75H2,1-4H3,(H,88,89)(H,90,91)/b29-25+,30-26+,31-27+,32-28+,41-37+,42-38+,43-39+,44-40+. The molecule has 0 aliphatic carbocycles. The van der Waals surface area contributed by atoms with E-state index in [9.17, 15) is 43.2 Å². The van der Waals surface area contributed by atoms with Crippen LogP contribution in [0.25, 0.3) is 0 Å². The lowest BCUT2D eigenvalue weighted by molar-refractivity contribution is -0.161. The predicted octanol–water partition coefficient (Wildman–Crippen LogP) is 23.2. The fourth-order valence-electron chi connectivity index (χ4n) is 10.6. The van der Waals surface area contributed by atoms with Crippen LogP contribution in [0.1, 0.15) is 342 Å². The fourth-order valence-corrected chi connectivity index (χ4v) is 12.1. The molecule has 0 saturated carbocycles. The minimum absolute atomic E-state index is 0.0734. The van der Waals surface area contributed by atoms with Crippen LogP contribution in [0.2, 0.25) is 0 Å². The molecule has 5 atom stereocenters. The zero-order valence-electron chi connectivity index (χ0n) is 63.8. The Morgan fingerprint density at radius 2 is 0.545 bits per heavy atom. The Kier molecular flexibility index (Phi) is 71.3. The molecule has 101 heavy (non-hydrogen) atoms. The van der Waals surface area contributed by atoms with E-state index in [0.717, 1.165) is 154 Å². The molecule has 19 heteroatoms. The highest BCUT2D eigenvalue weighted by Gasteiger charge is 2.30. The molecule has 0 amide bonds. The topological polar surface area (TPSA) is 237 Å². The summed E-state index contributed by atoms with van der Waals surface area (Å²) in [5, 5.41) is 10.6. The normalized spacial score (nSPS) is 14.4. The molecule has 0 aromatic heterocycles. The van der Waals surface area contributed by atoms with E-state index in [4.69, 9.17) is 37.0 Å². The summed E-state index contributed by atoms with van der Waals surface area (Å²) in [5.41, 5.74) is 0. The van der Waals surface area contributed by atoms with Crippen molar-refractivity contribution < 1.29 is 80.2 Å². The maximum atomic E-state index is 13.1. The second-order valence-corrected chi connectivity index (χ2v) is 29.5. The minimum Gasteiger partial charge on any atom is -0.462 e. The molecule has 0 spiro atoms. The van der Waals surface area contributed by atoms with Crippen molar-refractivity contribution >= 4 is 39.5 Å². The van der Waals surface area contributed by atoms with Crippen LogP contribution in [-0.4, -0.2) is 96.7 Å². The molecule has 0 heterocycles. The Morgan fingerprint density at radius 3 is 0.851 bits per heavy atom. The summed E-state index contributed by atoms with van der Waals surface area (Å²) in [4.78, 5) is 72.8. The van der Waals surface area contributed by atoms with Crippen LogP contribution in [0.4, 0.5) is 0 Å². The average Bonchev–Trinajstić information content (AvgIpc) is 0.966. The van der Waals surface area contributed by atoms with Gasteiger partial charge in [0.25, 0.3) is 0 Å². The summed E-state index contributed by atoms with van der Waals surface area (Å²) in [6.45, 7) is 5.22. The lowest BCUT2D eigenvalue weighted by Gasteiger charge is -2.21. The molecule has 584 valence electrons. The molecular weight excluding hydrogens is 1320 g/mol. The molecule has 0 rings (SSSR count). The summed E-state index contributed by atoms with van der Waals surface area (Å²) in [6.07, 6.45) is 77.5. The summed E-state index contributed by atoms with van der Waals surface area (Å²) in [5.74, 6) is -2.07. The summed E-state index contributed by atoms with van der Waals surface area (Å²) >= 11 is 0. The van der Waals surface area contributed by atoms with Crippen molar-refractivity contribution in [1.82, 2.24) is 0 Å². The van der Waals surface area contributed by atoms with Gasteiger partial charge in [-0.2, -0.15) is 0 Å². The van der Waals surface area contributed by atoms with Crippen LogP contribution in [0.15, 0.2) is 97.2 Å². The number of carbonyl (C=O) groups excluding carboxylic acids is 4. The van der Waals surface area contributed by atoms with Gasteiger partial charge >= 0.3 is 39.5 Å². The SMILES string of the molecule is CCCCCC/C=C/C/C=C/CCCCCCC(=O)OCC(CCOP(=O)(O)OCC(O)COP(=O)(O)OCC(COC(=O)CCCCCC/C=C/C/C=C/CCCCCC)OC(=O)CCCCCC/C=C/C/C=C/CCCCCC)OC(=O)CCCCCC/C=C/C/C=C/CCCCCC. The van der Waals surface area contributed by atoms with Gasteiger partial charge in [0, 0.05) is 32.1 Å². The summed E-state index contributed by atoms with van der Waals surface area (Å²) in [6, 6.07) is 0. The molecule has 5 unspecified atom stereocenters. The third-order valence-corrected chi connectivity index (χ3v) is 18.7. The second kappa shape index (κ2) is 74.3. The van der Waals surface area contributed by atoms with Crippen LogP contribution in [0.3, 0.4) is 0 Å². The number of hydrogen-bond acceptors (Lipinski definition) is 15. The van der Waals surface area contributed by atoms with Gasteiger partial charge in [-0.3, -0.25) is 37.3 Å². The van der Waals surface area contributed by atoms with Gasteiger partial charge in [-0.05, 0) is 154 Å². The van der Waals surface area contributed by atoms with E-state index < -0.39 is 90.9 Å². The Bertz CT molecular complexity index is 2290. The van der Waals surface area contributed by atoms with Crippen molar-refractivity contribution in [2.24, 2.45) is 0 Å². The number of aliphatic hydroxyl groups is 1. The third kappa shape index (κ3) is 74.1. The van der Waals surface area contributed by atoms with Gasteiger partial charge in [0.1, 0.15) is 25.4 Å². The van der Waals surface area contributed by atoms with Gasteiger partial charge in [0.15, 0.2) is 6.10 Å². The molecule has 0 aromatic carbocycles. The van der Waals surface area contributed by atoms with Gasteiger partial charge in [-0.15, -0.1) is 0 Å². The number of esters is 4. The molecule has 0 aliphatic heterocycles. The maximum absolute atomic E-state index is 13.1. The predicted molar refractivity (Wildman–Crippen MR) is 413 cm³/mol. The monoisotopic (exact) mass is 1460 g/mol. The van der Waals surface area contributed by atoms with Crippen molar-refractivity contribution in [3.63, 3.8) is 0 Å². The average molecular weight is 1460 g/mol. The number of allylic oxidation sites excluding steroid dienone is 16. The number of carbonyl (C=O) groups is 4. The summed E-state index contributed by atoms with van der Waals surface area (Å²) in [7, 11) is -9.84. The molecule has 0 aromatic rings. The van der Waals surface area contributed by atoms with Crippen molar-refractivity contribution in [3.05, 3.63) is 97.2 Å². The number of unbranched alkanes of at least 4 members (excludes halogenated alkanes) is 32. The third-order valence-electron chi connectivity index (χ3n) is 16.8. The van der Waals surface area contributed by atoms with Crippen LogP contribution < -0.4 is 0 Å². The van der Waals surface area contributed by atoms with E-state index in [0.29, 0.717) is 25.7 Å². The number of phosphoric acid groups is 2. The largest absolute Gasteiger partial charge is 0.472 e. The van der Waals surface area contributed by atoms with E-state index in [1.54, 1.807) is 0 Å². The molecule has 0 fully saturated rings. The second-order valence-electron chi connectivity index (χ2n) is 26.6. The number of rotatable bonds is 75. The van der Waals surface area contributed by atoms with E-state index in [1.165, 1.54) is 103 Å². The summed E-state index contributed by atoms with van der Waals surface area (Å²) < 4.78 is 68.5. The Hall–Kier alpha value is -4.02. The quantitative estimate of drug-likeness (QED) is 0.0169. The lowest BCUT2D eigenvalue weighted by atomic mass is 10.1. The number of aliphatic hydroxyl groups excluding tert-OH is 1. The van der Waals surface area contributed by atoms with Crippen LogP contribution in [0.5, 0.6) is 0 Å². The first-order valence-electron chi connectivity index (χ1n) is 40.0. The van der Waals surface area contributed by atoms with Crippen molar-refractivity contribution in [2.75, 3.05) is 39.6 Å². The molecule has 0 aliphatic rings. The van der Waals surface area contributed by atoms with E-state index in [1.807, 2.05) is 0 Å². The first-order valence-corrected chi connectivity index (χ1v) is 43.0. The lowest BCUT2D eigenvalue weighted by Crippen LogP contribution is -2.30. The zero-order chi connectivity index (χ0) is 73.9. The van der Waals surface area contributed by atoms with Crippen molar-refractivity contribution in [2.45, 2.75) is 361 Å². The number of phosphoric ester groups is 2. The van der Waals surface area contributed by atoms with Gasteiger partial charge in [-0.25, -0.2) is 9.13 Å². The van der Waals surface area contributed by atoms with Crippen LogP contribution in [-0.2, 0) is 65.4 Å². The Balaban J connectivity index is 5.36. The van der Waals surface area contributed by atoms with E-state index in [2.05, 4.69) is 125 Å². The van der Waals surface area contributed by atoms with Gasteiger partial charge in [-0.1, -0.05) is 253 Å². The maximum Gasteiger partial charge on any atom is 0.472 e. The van der Waals surface area contributed by atoms with Crippen LogP contribution >= 0.6 is 15.6 Å². The first-order chi connectivity index (χ1) is 49.2. The van der Waals surface area contributed by atoms with Gasteiger partial charge < -0.3 is 33.8 Å². The fraction of sp³-hybridized carbons (Fsp3) is 0.756.